The second kappa shape index (κ2) is 7.90. The van der Waals surface area contributed by atoms with Gasteiger partial charge >= 0.3 is 6.01 Å². The van der Waals surface area contributed by atoms with Gasteiger partial charge < -0.3 is 9.73 Å². The summed E-state index contributed by atoms with van der Waals surface area (Å²) in [5.41, 5.74) is 0. The molecule has 2 aromatic heterocycles. The number of hydrogen-bond acceptors (Lipinski definition) is 9. The summed E-state index contributed by atoms with van der Waals surface area (Å²) in [6.07, 6.45) is 1.73. The molecule has 2 heterocycles. The van der Waals surface area contributed by atoms with Crippen molar-refractivity contribution in [1.82, 2.24) is 20.4 Å². The van der Waals surface area contributed by atoms with Crippen molar-refractivity contribution in [2.45, 2.75) is 24.1 Å². The zero-order valence-corrected chi connectivity index (χ0v) is 13.8. The molecule has 1 amide bonds. The lowest BCUT2D eigenvalue weighted by Gasteiger charge is -1.98. The average Bonchev–Trinajstić information content (AvgIpc) is 3.12. The number of nitrogens with zero attached hydrogens (tertiary/aromatic N) is 4. The summed E-state index contributed by atoms with van der Waals surface area (Å²) in [5.74, 6) is 0.565. The van der Waals surface area contributed by atoms with E-state index in [1.54, 1.807) is 6.08 Å². The summed E-state index contributed by atoms with van der Waals surface area (Å²) in [7, 11) is 0. The van der Waals surface area contributed by atoms with Crippen molar-refractivity contribution < 1.29 is 9.21 Å². The van der Waals surface area contributed by atoms with Crippen LogP contribution in [0.3, 0.4) is 0 Å². The first kappa shape index (κ1) is 16.4. The number of thioether (sulfide) groups is 1. The predicted molar refractivity (Wildman–Crippen MR) is 86.3 cm³/mol. The molecule has 10 heteroatoms. The van der Waals surface area contributed by atoms with E-state index in [-0.39, 0.29) is 23.6 Å². The molecule has 0 aliphatic heterocycles. The third kappa shape index (κ3) is 4.81. The van der Waals surface area contributed by atoms with E-state index in [0.29, 0.717) is 21.9 Å². The summed E-state index contributed by atoms with van der Waals surface area (Å²) >= 11 is 2.67. The molecule has 0 spiro atoms. The molecule has 0 aromatic carbocycles. The summed E-state index contributed by atoms with van der Waals surface area (Å²) in [4.78, 5) is 11.8. The third-order valence-electron chi connectivity index (χ3n) is 2.31. The smallest absolute Gasteiger partial charge is 0.322 e. The fraction of sp³-hybridized carbons (Fsp3) is 0.417. The highest BCUT2D eigenvalue weighted by Gasteiger charge is 2.13. The molecule has 0 radical (unpaired) electrons. The number of aromatic nitrogens is 4. The van der Waals surface area contributed by atoms with E-state index in [9.17, 15) is 4.79 Å². The minimum absolute atomic E-state index is 0.111. The molecule has 118 valence electrons. The Balaban J connectivity index is 1.79. The van der Waals surface area contributed by atoms with Gasteiger partial charge in [-0.3, -0.25) is 10.1 Å². The summed E-state index contributed by atoms with van der Waals surface area (Å²) in [6.45, 7) is 8.10. The number of nitrogens with one attached hydrogen (secondary N) is 2. The van der Waals surface area contributed by atoms with Gasteiger partial charge in [0.15, 0.2) is 4.34 Å². The Kier molecular flexibility index (Phi) is 5.90. The molecule has 0 saturated carbocycles. The molecule has 0 unspecified atom stereocenters. The standard InChI is InChI=1S/C12H16N6O2S2/c1-4-5-13-11-17-18-12(22-11)21-6-8(19)14-10-16-15-9(20-10)7(2)3/h4,7H,1,5-6H2,2-3H3,(H,13,17)(H,14,16,19). The molecule has 2 rings (SSSR count). The van der Waals surface area contributed by atoms with Crippen LogP contribution < -0.4 is 10.6 Å². The van der Waals surface area contributed by atoms with Gasteiger partial charge in [0.05, 0.1) is 5.75 Å². The molecule has 0 bridgehead atoms. The largest absolute Gasteiger partial charge is 0.408 e. The van der Waals surface area contributed by atoms with E-state index in [2.05, 4.69) is 37.6 Å². The quantitative estimate of drug-likeness (QED) is 0.557. The number of rotatable bonds is 8. The molecule has 0 saturated heterocycles. The van der Waals surface area contributed by atoms with Gasteiger partial charge in [0.1, 0.15) is 0 Å². The highest BCUT2D eigenvalue weighted by molar-refractivity contribution is 8.01. The van der Waals surface area contributed by atoms with Crippen LogP contribution >= 0.6 is 23.1 Å². The van der Waals surface area contributed by atoms with Crippen molar-refractivity contribution in [3.63, 3.8) is 0 Å². The SMILES string of the molecule is C=CCNc1nnc(SCC(=O)Nc2nnc(C(C)C)o2)s1. The molecule has 8 nitrogen and oxygen atoms in total. The molecular formula is C12H16N6O2S2. The lowest BCUT2D eigenvalue weighted by molar-refractivity contribution is -0.113. The first-order valence-electron chi connectivity index (χ1n) is 6.52. The number of hydrogen-bond donors (Lipinski definition) is 2. The van der Waals surface area contributed by atoms with Gasteiger partial charge in [0, 0.05) is 12.5 Å². The van der Waals surface area contributed by atoms with Crippen LogP contribution in [0.15, 0.2) is 21.4 Å². The van der Waals surface area contributed by atoms with Crippen molar-refractivity contribution in [3.8, 4) is 0 Å². The Morgan fingerprint density at radius 1 is 1.41 bits per heavy atom. The van der Waals surface area contributed by atoms with Gasteiger partial charge in [-0.1, -0.05) is 48.1 Å². The molecule has 0 fully saturated rings. The molecule has 0 aliphatic rings. The predicted octanol–water partition coefficient (Wildman–Crippen LogP) is 2.37. The van der Waals surface area contributed by atoms with Crippen molar-refractivity contribution in [2.24, 2.45) is 0 Å². The van der Waals surface area contributed by atoms with Crippen LogP contribution in [0.5, 0.6) is 0 Å². The van der Waals surface area contributed by atoms with Gasteiger partial charge in [-0.2, -0.15) is 0 Å². The lowest BCUT2D eigenvalue weighted by Crippen LogP contribution is -2.14. The van der Waals surface area contributed by atoms with Gasteiger partial charge in [0.25, 0.3) is 0 Å². The van der Waals surface area contributed by atoms with E-state index in [1.807, 2.05) is 13.8 Å². The Morgan fingerprint density at radius 3 is 2.91 bits per heavy atom. The molecule has 2 N–H and O–H groups in total. The normalized spacial score (nSPS) is 10.7. The first-order valence-corrected chi connectivity index (χ1v) is 8.33. The van der Waals surface area contributed by atoms with Crippen LogP contribution in [-0.4, -0.2) is 38.6 Å². The summed E-state index contributed by atoms with van der Waals surface area (Å²) in [5, 5.41) is 21.8. The van der Waals surface area contributed by atoms with Crippen LogP contribution in [0.1, 0.15) is 25.7 Å². The molecule has 2 aromatic rings. The van der Waals surface area contributed by atoms with E-state index in [0.717, 1.165) is 0 Å². The molecule has 0 aliphatic carbocycles. The van der Waals surface area contributed by atoms with E-state index in [1.165, 1.54) is 23.1 Å². The van der Waals surface area contributed by atoms with Crippen LogP contribution in [0.4, 0.5) is 11.1 Å². The summed E-state index contributed by atoms with van der Waals surface area (Å²) < 4.78 is 6.01. The summed E-state index contributed by atoms with van der Waals surface area (Å²) in [6, 6.07) is 0.111. The van der Waals surface area contributed by atoms with Crippen molar-refractivity contribution in [2.75, 3.05) is 22.9 Å². The maximum absolute atomic E-state index is 11.8. The minimum Gasteiger partial charge on any atom is -0.408 e. The molecular weight excluding hydrogens is 324 g/mol. The first-order chi connectivity index (χ1) is 10.6. The Morgan fingerprint density at radius 2 is 2.23 bits per heavy atom. The van der Waals surface area contributed by atoms with Crippen LogP contribution in [0, 0.1) is 0 Å². The van der Waals surface area contributed by atoms with Crippen molar-refractivity contribution in [1.29, 1.82) is 0 Å². The fourth-order valence-corrected chi connectivity index (χ4v) is 2.86. The number of carbonyl (C=O) groups excluding carboxylic acids is 1. The van der Waals surface area contributed by atoms with Crippen LogP contribution in [0.2, 0.25) is 0 Å². The minimum atomic E-state index is -0.236. The van der Waals surface area contributed by atoms with Crippen LogP contribution in [0.25, 0.3) is 0 Å². The van der Waals surface area contributed by atoms with E-state index >= 15 is 0 Å². The van der Waals surface area contributed by atoms with Gasteiger partial charge in [-0.15, -0.1) is 21.9 Å². The Bertz CT molecular complexity index is 639. The highest BCUT2D eigenvalue weighted by Crippen LogP contribution is 2.25. The lowest BCUT2D eigenvalue weighted by atomic mass is 10.2. The molecule has 22 heavy (non-hydrogen) atoms. The second-order valence-corrected chi connectivity index (χ2v) is 6.68. The maximum atomic E-state index is 11.8. The second-order valence-electron chi connectivity index (χ2n) is 4.48. The number of carbonyl (C=O) groups is 1. The number of amides is 1. The zero-order valence-electron chi connectivity index (χ0n) is 12.2. The topological polar surface area (TPSA) is 106 Å². The van der Waals surface area contributed by atoms with Gasteiger partial charge in [-0.25, -0.2) is 0 Å². The Labute approximate surface area is 135 Å². The zero-order chi connectivity index (χ0) is 15.9. The van der Waals surface area contributed by atoms with Gasteiger partial charge in [0.2, 0.25) is 16.9 Å². The van der Waals surface area contributed by atoms with E-state index < -0.39 is 0 Å². The third-order valence-corrected chi connectivity index (χ3v) is 4.33. The monoisotopic (exact) mass is 340 g/mol. The van der Waals surface area contributed by atoms with Gasteiger partial charge in [-0.05, 0) is 0 Å². The highest BCUT2D eigenvalue weighted by atomic mass is 32.2. The number of anilines is 2. The van der Waals surface area contributed by atoms with Crippen LogP contribution in [-0.2, 0) is 4.79 Å². The Hall–Kier alpha value is -1.94. The van der Waals surface area contributed by atoms with Crippen molar-refractivity contribution >= 4 is 40.2 Å². The van der Waals surface area contributed by atoms with Crippen molar-refractivity contribution in [3.05, 3.63) is 18.5 Å². The fourth-order valence-electron chi connectivity index (χ4n) is 1.30. The molecule has 0 atom stereocenters. The maximum Gasteiger partial charge on any atom is 0.322 e. The average molecular weight is 340 g/mol. The van der Waals surface area contributed by atoms with E-state index in [4.69, 9.17) is 4.42 Å².